The predicted molar refractivity (Wildman–Crippen MR) is 53.1 cm³/mol. The lowest BCUT2D eigenvalue weighted by atomic mass is 9.87. The molecule has 0 saturated carbocycles. The van der Waals surface area contributed by atoms with E-state index in [1.165, 1.54) is 7.11 Å². The number of carbonyl (C=O) groups excluding carboxylic acids is 1. The number of alkyl carbamates (subject to hydrolysis) is 1. The third kappa shape index (κ3) is 2.73. The molecule has 0 aromatic rings. The Balaban J connectivity index is 2.59. The zero-order valence-electron chi connectivity index (χ0n) is 8.54. The fourth-order valence-corrected chi connectivity index (χ4v) is 1.69. The van der Waals surface area contributed by atoms with Crippen molar-refractivity contribution in [1.29, 1.82) is 0 Å². The quantitative estimate of drug-likeness (QED) is 0.700. The monoisotopic (exact) mass is 199 g/mol. The zero-order chi connectivity index (χ0) is 10.4. The van der Waals surface area contributed by atoms with Crippen LogP contribution in [-0.2, 0) is 9.47 Å². The third-order valence-electron chi connectivity index (χ3n) is 2.54. The molecule has 1 fully saturated rings. The SMILES string of the molecule is C=CCC1(NC(=O)OC)CCOCC1. The summed E-state index contributed by atoms with van der Waals surface area (Å²) in [7, 11) is 1.37. The van der Waals surface area contributed by atoms with Gasteiger partial charge in [-0.05, 0) is 19.3 Å². The van der Waals surface area contributed by atoms with Crippen molar-refractivity contribution in [3.63, 3.8) is 0 Å². The maximum Gasteiger partial charge on any atom is 0.407 e. The van der Waals surface area contributed by atoms with Crippen molar-refractivity contribution in [3.8, 4) is 0 Å². The number of methoxy groups -OCH3 is 1. The first kappa shape index (κ1) is 11.0. The van der Waals surface area contributed by atoms with Gasteiger partial charge >= 0.3 is 6.09 Å². The number of amides is 1. The van der Waals surface area contributed by atoms with E-state index in [0.29, 0.717) is 13.2 Å². The van der Waals surface area contributed by atoms with E-state index in [2.05, 4.69) is 16.6 Å². The Morgan fingerprint density at radius 1 is 1.64 bits per heavy atom. The lowest BCUT2D eigenvalue weighted by Crippen LogP contribution is -2.51. The molecule has 4 heteroatoms. The third-order valence-corrected chi connectivity index (χ3v) is 2.54. The summed E-state index contributed by atoms with van der Waals surface area (Å²) in [6, 6.07) is 0. The van der Waals surface area contributed by atoms with Gasteiger partial charge < -0.3 is 14.8 Å². The molecule has 1 amide bonds. The van der Waals surface area contributed by atoms with E-state index in [-0.39, 0.29) is 11.6 Å². The van der Waals surface area contributed by atoms with E-state index in [9.17, 15) is 4.79 Å². The highest BCUT2D eigenvalue weighted by Gasteiger charge is 2.33. The molecule has 1 saturated heterocycles. The minimum Gasteiger partial charge on any atom is -0.453 e. The van der Waals surface area contributed by atoms with E-state index < -0.39 is 0 Å². The molecule has 0 aliphatic carbocycles. The van der Waals surface area contributed by atoms with E-state index in [4.69, 9.17) is 4.74 Å². The number of nitrogens with one attached hydrogen (secondary N) is 1. The highest BCUT2D eigenvalue weighted by Crippen LogP contribution is 2.24. The summed E-state index contributed by atoms with van der Waals surface area (Å²) < 4.78 is 9.86. The van der Waals surface area contributed by atoms with Crippen LogP contribution in [0.3, 0.4) is 0 Å². The van der Waals surface area contributed by atoms with Crippen molar-refractivity contribution in [1.82, 2.24) is 5.32 Å². The summed E-state index contributed by atoms with van der Waals surface area (Å²) in [5.74, 6) is 0. The smallest absolute Gasteiger partial charge is 0.407 e. The Hall–Kier alpha value is -1.03. The second-order valence-electron chi connectivity index (χ2n) is 3.50. The van der Waals surface area contributed by atoms with Gasteiger partial charge in [-0.15, -0.1) is 6.58 Å². The molecule has 0 atom stereocenters. The zero-order valence-corrected chi connectivity index (χ0v) is 8.54. The van der Waals surface area contributed by atoms with Gasteiger partial charge in [0.15, 0.2) is 0 Å². The van der Waals surface area contributed by atoms with Crippen molar-refractivity contribution < 1.29 is 14.3 Å². The predicted octanol–water partition coefficient (Wildman–Crippen LogP) is 1.47. The molecule has 0 radical (unpaired) electrons. The normalized spacial score (nSPS) is 19.8. The van der Waals surface area contributed by atoms with Crippen molar-refractivity contribution in [2.75, 3.05) is 20.3 Å². The van der Waals surface area contributed by atoms with Gasteiger partial charge in [-0.1, -0.05) is 6.08 Å². The summed E-state index contributed by atoms with van der Waals surface area (Å²) in [6.07, 6.45) is 3.82. The van der Waals surface area contributed by atoms with E-state index in [1.807, 2.05) is 6.08 Å². The van der Waals surface area contributed by atoms with Gasteiger partial charge in [0.05, 0.1) is 12.6 Å². The summed E-state index contributed by atoms with van der Waals surface area (Å²) >= 11 is 0. The van der Waals surface area contributed by atoms with Crippen LogP contribution in [0.5, 0.6) is 0 Å². The topological polar surface area (TPSA) is 47.6 Å². The first-order valence-corrected chi connectivity index (χ1v) is 4.77. The summed E-state index contributed by atoms with van der Waals surface area (Å²) in [5, 5.41) is 2.87. The molecule has 1 heterocycles. The number of ether oxygens (including phenoxy) is 2. The van der Waals surface area contributed by atoms with Crippen LogP contribution in [0.4, 0.5) is 4.79 Å². The average molecular weight is 199 g/mol. The molecule has 0 aromatic heterocycles. The molecule has 1 aliphatic rings. The molecule has 80 valence electrons. The van der Waals surface area contributed by atoms with Crippen LogP contribution in [0.1, 0.15) is 19.3 Å². The average Bonchev–Trinajstić information content (AvgIpc) is 2.19. The van der Waals surface area contributed by atoms with Crippen molar-refractivity contribution in [3.05, 3.63) is 12.7 Å². The van der Waals surface area contributed by atoms with Gasteiger partial charge in [-0.3, -0.25) is 0 Å². The fourth-order valence-electron chi connectivity index (χ4n) is 1.69. The van der Waals surface area contributed by atoms with Gasteiger partial charge in [0.2, 0.25) is 0 Å². The molecule has 1 rings (SSSR count). The molecule has 1 aliphatic heterocycles. The Morgan fingerprint density at radius 3 is 2.79 bits per heavy atom. The number of hydrogen-bond donors (Lipinski definition) is 1. The molecule has 0 aromatic carbocycles. The van der Waals surface area contributed by atoms with Crippen molar-refractivity contribution in [2.45, 2.75) is 24.8 Å². The van der Waals surface area contributed by atoms with Gasteiger partial charge in [0.25, 0.3) is 0 Å². The van der Waals surface area contributed by atoms with Crippen LogP contribution in [0.15, 0.2) is 12.7 Å². The van der Waals surface area contributed by atoms with E-state index in [0.717, 1.165) is 19.3 Å². The highest BCUT2D eigenvalue weighted by atomic mass is 16.5. The summed E-state index contributed by atoms with van der Waals surface area (Å²) in [6.45, 7) is 5.06. The van der Waals surface area contributed by atoms with Crippen LogP contribution in [-0.4, -0.2) is 32.0 Å². The van der Waals surface area contributed by atoms with Gasteiger partial charge in [0.1, 0.15) is 0 Å². The minimum absolute atomic E-state index is 0.215. The van der Waals surface area contributed by atoms with Gasteiger partial charge in [-0.2, -0.15) is 0 Å². The van der Waals surface area contributed by atoms with Gasteiger partial charge in [0, 0.05) is 13.2 Å². The molecule has 0 spiro atoms. The van der Waals surface area contributed by atoms with Crippen molar-refractivity contribution in [2.24, 2.45) is 0 Å². The van der Waals surface area contributed by atoms with Crippen LogP contribution in [0.2, 0.25) is 0 Å². The lowest BCUT2D eigenvalue weighted by Gasteiger charge is -2.36. The van der Waals surface area contributed by atoms with E-state index >= 15 is 0 Å². The van der Waals surface area contributed by atoms with E-state index in [1.54, 1.807) is 0 Å². The maximum absolute atomic E-state index is 11.2. The van der Waals surface area contributed by atoms with Crippen LogP contribution < -0.4 is 5.32 Å². The first-order chi connectivity index (χ1) is 6.72. The summed E-state index contributed by atoms with van der Waals surface area (Å²) in [5.41, 5.74) is -0.215. The van der Waals surface area contributed by atoms with Gasteiger partial charge in [-0.25, -0.2) is 4.79 Å². The molecule has 0 unspecified atom stereocenters. The molecular weight excluding hydrogens is 182 g/mol. The first-order valence-electron chi connectivity index (χ1n) is 4.77. The largest absolute Gasteiger partial charge is 0.453 e. The lowest BCUT2D eigenvalue weighted by molar-refractivity contribution is 0.0382. The Morgan fingerprint density at radius 2 is 2.29 bits per heavy atom. The molecule has 0 bridgehead atoms. The molecule has 1 N–H and O–H groups in total. The second-order valence-corrected chi connectivity index (χ2v) is 3.50. The minimum atomic E-state index is -0.381. The molecule has 4 nitrogen and oxygen atoms in total. The number of rotatable bonds is 3. The van der Waals surface area contributed by atoms with Crippen molar-refractivity contribution >= 4 is 6.09 Å². The molecule has 14 heavy (non-hydrogen) atoms. The Labute approximate surface area is 84.3 Å². The van der Waals surface area contributed by atoms with Crippen LogP contribution in [0, 0.1) is 0 Å². The standard InChI is InChI=1S/C10H17NO3/c1-3-4-10(11-9(12)13-2)5-7-14-8-6-10/h3H,1,4-8H2,2H3,(H,11,12). The van der Waals surface area contributed by atoms with Crippen LogP contribution >= 0.6 is 0 Å². The number of carbonyl (C=O) groups is 1. The van der Waals surface area contributed by atoms with Crippen LogP contribution in [0.25, 0.3) is 0 Å². The Kier molecular flexibility index (Phi) is 3.95. The fraction of sp³-hybridized carbons (Fsp3) is 0.700. The maximum atomic E-state index is 11.2. The highest BCUT2D eigenvalue weighted by molar-refractivity contribution is 5.68. The second kappa shape index (κ2) is 5.00. The molecular formula is C10H17NO3. The Bertz CT molecular complexity index is 209. The summed E-state index contributed by atoms with van der Waals surface area (Å²) in [4.78, 5) is 11.2. The number of hydrogen-bond acceptors (Lipinski definition) is 3.